The molecule has 0 radical (unpaired) electrons. The molecule has 5 heteroatoms. The van der Waals surface area contributed by atoms with E-state index in [-0.39, 0.29) is 6.54 Å². The number of carboxylic acids is 1. The Labute approximate surface area is 108 Å². The standard InChI is InChI=1S/C13H23N3O2/c1-4-6-13(9-14,12(17)18)8-11-7-10(5-2)15-16(11)3/h7H,4-6,8-9,14H2,1-3H3,(H,17,18). The van der Waals surface area contributed by atoms with Gasteiger partial charge in [0.15, 0.2) is 0 Å². The molecule has 5 nitrogen and oxygen atoms in total. The molecule has 0 aromatic carbocycles. The number of aryl methyl sites for hydroxylation is 2. The summed E-state index contributed by atoms with van der Waals surface area (Å²) in [4.78, 5) is 11.5. The average Bonchev–Trinajstić information content (AvgIpc) is 2.69. The fraction of sp³-hybridized carbons (Fsp3) is 0.692. The van der Waals surface area contributed by atoms with Crippen molar-refractivity contribution in [2.75, 3.05) is 6.54 Å². The first kappa shape index (κ1) is 14.7. The highest BCUT2D eigenvalue weighted by Gasteiger charge is 2.37. The molecule has 0 bridgehead atoms. The molecule has 1 rings (SSSR count). The Bertz CT molecular complexity index is 414. The first-order valence-electron chi connectivity index (χ1n) is 6.44. The van der Waals surface area contributed by atoms with Crippen LogP contribution in [0.5, 0.6) is 0 Å². The van der Waals surface area contributed by atoms with Crippen molar-refractivity contribution in [3.63, 3.8) is 0 Å². The van der Waals surface area contributed by atoms with Gasteiger partial charge in [0.2, 0.25) is 0 Å². The number of nitrogens with zero attached hydrogens (tertiary/aromatic N) is 2. The van der Waals surface area contributed by atoms with Gasteiger partial charge < -0.3 is 10.8 Å². The molecule has 1 aromatic heterocycles. The Morgan fingerprint density at radius 1 is 1.56 bits per heavy atom. The monoisotopic (exact) mass is 253 g/mol. The summed E-state index contributed by atoms with van der Waals surface area (Å²) in [7, 11) is 1.85. The quantitative estimate of drug-likeness (QED) is 0.768. The van der Waals surface area contributed by atoms with Crippen LogP contribution in [0.2, 0.25) is 0 Å². The number of hydrogen-bond donors (Lipinski definition) is 2. The van der Waals surface area contributed by atoms with Gasteiger partial charge in [-0.3, -0.25) is 9.48 Å². The Balaban J connectivity index is 3.01. The zero-order valence-corrected chi connectivity index (χ0v) is 11.4. The van der Waals surface area contributed by atoms with Gasteiger partial charge in [-0.15, -0.1) is 0 Å². The SMILES string of the molecule is CCCC(CN)(Cc1cc(CC)nn1C)C(=O)O. The topological polar surface area (TPSA) is 81.1 Å². The number of nitrogens with two attached hydrogens (primary N) is 1. The van der Waals surface area contributed by atoms with E-state index in [0.29, 0.717) is 12.8 Å². The highest BCUT2D eigenvalue weighted by atomic mass is 16.4. The lowest BCUT2D eigenvalue weighted by Gasteiger charge is -2.27. The summed E-state index contributed by atoms with van der Waals surface area (Å²) in [6.45, 7) is 4.17. The number of carbonyl (C=O) groups is 1. The summed E-state index contributed by atoms with van der Waals surface area (Å²) in [5, 5.41) is 13.8. The summed E-state index contributed by atoms with van der Waals surface area (Å²) in [6, 6.07) is 1.98. The third-order valence-electron chi connectivity index (χ3n) is 3.48. The molecular formula is C13H23N3O2. The van der Waals surface area contributed by atoms with Crippen LogP contribution >= 0.6 is 0 Å². The van der Waals surface area contributed by atoms with Crippen molar-refractivity contribution in [1.29, 1.82) is 0 Å². The molecular weight excluding hydrogens is 230 g/mol. The normalized spacial score (nSPS) is 14.4. The highest BCUT2D eigenvalue weighted by Crippen LogP contribution is 2.28. The van der Waals surface area contributed by atoms with Crippen LogP contribution in [0.15, 0.2) is 6.07 Å². The maximum Gasteiger partial charge on any atom is 0.311 e. The van der Waals surface area contributed by atoms with Gasteiger partial charge in [-0.2, -0.15) is 5.10 Å². The lowest BCUT2D eigenvalue weighted by Crippen LogP contribution is -2.41. The van der Waals surface area contributed by atoms with Gasteiger partial charge in [-0.05, 0) is 18.9 Å². The van der Waals surface area contributed by atoms with Crippen molar-refractivity contribution in [2.24, 2.45) is 18.2 Å². The number of aliphatic carboxylic acids is 1. The lowest BCUT2D eigenvalue weighted by molar-refractivity contribution is -0.148. The molecule has 0 aliphatic rings. The van der Waals surface area contributed by atoms with Crippen molar-refractivity contribution >= 4 is 5.97 Å². The second-order valence-electron chi connectivity index (χ2n) is 4.82. The van der Waals surface area contributed by atoms with Gasteiger partial charge in [-0.1, -0.05) is 20.3 Å². The van der Waals surface area contributed by atoms with Crippen LogP contribution in [-0.2, 0) is 24.7 Å². The van der Waals surface area contributed by atoms with Crippen molar-refractivity contribution in [1.82, 2.24) is 9.78 Å². The largest absolute Gasteiger partial charge is 0.481 e. The molecule has 0 saturated heterocycles. The van der Waals surface area contributed by atoms with Crippen LogP contribution < -0.4 is 5.73 Å². The molecule has 1 heterocycles. The molecule has 18 heavy (non-hydrogen) atoms. The zero-order valence-electron chi connectivity index (χ0n) is 11.4. The molecule has 1 aromatic rings. The Hall–Kier alpha value is -1.36. The van der Waals surface area contributed by atoms with Crippen LogP contribution in [0.4, 0.5) is 0 Å². The fourth-order valence-electron chi connectivity index (χ4n) is 2.27. The summed E-state index contributed by atoms with van der Waals surface area (Å²) in [5.41, 5.74) is 6.78. The van der Waals surface area contributed by atoms with Crippen molar-refractivity contribution in [2.45, 2.75) is 39.5 Å². The number of rotatable bonds is 7. The predicted octanol–water partition coefficient (Wildman–Crippen LogP) is 1.35. The van der Waals surface area contributed by atoms with E-state index in [0.717, 1.165) is 24.2 Å². The highest BCUT2D eigenvalue weighted by molar-refractivity contribution is 5.75. The van der Waals surface area contributed by atoms with Crippen LogP contribution in [0, 0.1) is 5.41 Å². The van der Waals surface area contributed by atoms with Crippen LogP contribution in [0.25, 0.3) is 0 Å². The first-order valence-corrected chi connectivity index (χ1v) is 6.44. The molecule has 0 fully saturated rings. The van der Waals surface area contributed by atoms with E-state index < -0.39 is 11.4 Å². The van der Waals surface area contributed by atoms with Gasteiger partial charge in [0, 0.05) is 25.7 Å². The molecule has 0 aliphatic heterocycles. The second-order valence-corrected chi connectivity index (χ2v) is 4.82. The summed E-state index contributed by atoms with van der Waals surface area (Å²) in [6.07, 6.45) is 2.69. The maximum absolute atomic E-state index is 11.5. The molecule has 0 aliphatic carbocycles. The molecule has 3 N–H and O–H groups in total. The van der Waals surface area contributed by atoms with E-state index >= 15 is 0 Å². The lowest BCUT2D eigenvalue weighted by atomic mass is 9.79. The summed E-state index contributed by atoms with van der Waals surface area (Å²) >= 11 is 0. The van der Waals surface area contributed by atoms with E-state index in [1.54, 1.807) is 4.68 Å². The molecule has 102 valence electrons. The molecule has 0 spiro atoms. The summed E-state index contributed by atoms with van der Waals surface area (Å²) in [5.74, 6) is -0.814. The Morgan fingerprint density at radius 3 is 2.61 bits per heavy atom. The third-order valence-corrected chi connectivity index (χ3v) is 3.48. The van der Waals surface area contributed by atoms with E-state index in [9.17, 15) is 9.90 Å². The van der Waals surface area contributed by atoms with Gasteiger partial charge in [0.25, 0.3) is 0 Å². The minimum atomic E-state index is -0.868. The molecule has 1 unspecified atom stereocenters. The van der Waals surface area contributed by atoms with Crippen molar-refractivity contribution < 1.29 is 9.90 Å². The van der Waals surface area contributed by atoms with Gasteiger partial charge in [0.05, 0.1) is 11.1 Å². The fourth-order valence-corrected chi connectivity index (χ4v) is 2.27. The molecule has 1 atom stereocenters. The zero-order chi connectivity index (χ0) is 13.8. The minimum absolute atomic E-state index is 0.156. The second kappa shape index (κ2) is 6.00. The van der Waals surface area contributed by atoms with Gasteiger partial charge >= 0.3 is 5.97 Å². The minimum Gasteiger partial charge on any atom is -0.481 e. The Morgan fingerprint density at radius 2 is 2.22 bits per heavy atom. The first-order chi connectivity index (χ1) is 8.49. The summed E-state index contributed by atoms with van der Waals surface area (Å²) < 4.78 is 1.77. The van der Waals surface area contributed by atoms with E-state index in [1.807, 2.05) is 27.0 Å². The van der Waals surface area contributed by atoms with Crippen molar-refractivity contribution in [3.05, 3.63) is 17.5 Å². The predicted molar refractivity (Wildman–Crippen MR) is 70.3 cm³/mol. The van der Waals surface area contributed by atoms with Gasteiger partial charge in [-0.25, -0.2) is 0 Å². The molecule has 0 amide bonds. The van der Waals surface area contributed by atoms with E-state index in [4.69, 9.17) is 5.73 Å². The van der Waals surface area contributed by atoms with Crippen LogP contribution in [-0.4, -0.2) is 27.4 Å². The van der Waals surface area contributed by atoms with Crippen LogP contribution in [0.1, 0.15) is 38.1 Å². The third kappa shape index (κ3) is 2.90. The van der Waals surface area contributed by atoms with E-state index in [1.165, 1.54) is 0 Å². The van der Waals surface area contributed by atoms with Crippen LogP contribution in [0.3, 0.4) is 0 Å². The van der Waals surface area contributed by atoms with E-state index in [2.05, 4.69) is 5.10 Å². The van der Waals surface area contributed by atoms with Gasteiger partial charge in [0.1, 0.15) is 0 Å². The maximum atomic E-state index is 11.5. The smallest absolute Gasteiger partial charge is 0.311 e. The number of hydrogen-bond acceptors (Lipinski definition) is 3. The number of carboxylic acid groups (broad SMARTS) is 1. The average molecular weight is 253 g/mol. The van der Waals surface area contributed by atoms with Crippen molar-refractivity contribution in [3.8, 4) is 0 Å². The number of aromatic nitrogens is 2. The Kier molecular flexibility index (Phi) is 4.90. The molecule has 0 saturated carbocycles.